The van der Waals surface area contributed by atoms with Crippen LogP contribution in [0.2, 0.25) is 0 Å². The van der Waals surface area contributed by atoms with Crippen molar-refractivity contribution < 1.29 is 23.9 Å². The molecule has 1 aromatic rings. The fourth-order valence-electron chi connectivity index (χ4n) is 2.57. The van der Waals surface area contributed by atoms with Crippen LogP contribution in [0.1, 0.15) is 12.5 Å². The molecule has 0 aliphatic carbocycles. The molecule has 20 heavy (non-hydrogen) atoms. The van der Waals surface area contributed by atoms with Crippen molar-refractivity contribution in [2.75, 3.05) is 27.3 Å². The van der Waals surface area contributed by atoms with Crippen LogP contribution >= 0.6 is 0 Å². The van der Waals surface area contributed by atoms with Gasteiger partial charge in [-0.15, -0.1) is 0 Å². The van der Waals surface area contributed by atoms with Crippen molar-refractivity contribution in [2.24, 2.45) is 0 Å². The lowest BCUT2D eigenvalue weighted by molar-refractivity contribution is -0.887. The Morgan fingerprint density at radius 3 is 2.60 bits per heavy atom. The van der Waals surface area contributed by atoms with Crippen LogP contribution in [-0.2, 0) is 16.1 Å². The third-order valence-corrected chi connectivity index (χ3v) is 3.58. The predicted octanol–water partition coefficient (Wildman–Crippen LogP) is 1.99. The van der Waals surface area contributed by atoms with E-state index in [0.29, 0.717) is 29.9 Å². The van der Waals surface area contributed by atoms with Crippen LogP contribution < -0.4 is 4.74 Å². The number of benzene rings is 1. The van der Waals surface area contributed by atoms with E-state index in [4.69, 9.17) is 9.47 Å². The number of methoxy groups -OCH3 is 1. The van der Waals surface area contributed by atoms with E-state index in [1.54, 1.807) is 7.11 Å². The number of hydrogen-bond donors (Lipinski definition) is 1. The number of allylic oxidation sites excluding steroid dienone is 1. The summed E-state index contributed by atoms with van der Waals surface area (Å²) in [5.41, 5.74) is 1.40. The van der Waals surface area contributed by atoms with Gasteiger partial charge in [0.15, 0.2) is 5.76 Å². The number of rotatable bonds is 3. The van der Waals surface area contributed by atoms with Gasteiger partial charge in [0, 0.05) is 5.56 Å². The van der Waals surface area contributed by atoms with Crippen LogP contribution in [0.4, 0.5) is 0 Å². The van der Waals surface area contributed by atoms with Gasteiger partial charge in [-0.2, -0.15) is 0 Å². The van der Waals surface area contributed by atoms with E-state index in [-0.39, 0.29) is 5.76 Å². The van der Waals surface area contributed by atoms with E-state index in [1.165, 1.54) is 6.92 Å². The Labute approximate surface area is 118 Å². The number of ether oxygens (including phenoxy) is 2. The molecule has 1 fully saturated rings. The lowest BCUT2D eigenvalue weighted by atomic mass is 10.1. The highest BCUT2D eigenvalue weighted by Crippen LogP contribution is 2.27. The van der Waals surface area contributed by atoms with E-state index in [0.717, 1.165) is 11.3 Å². The van der Waals surface area contributed by atoms with Crippen LogP contribution in [0.3, 0.4) is 0 Å². The number of carbonyl (C=O) groups excluding carboxylic acids is 1. The smallest absolute Gasteiger partial charge is 0.396 e. The molecule has 2 rings (SSSR count). The molecule has 1 heterocycles. The number of aliphatic hydroxyl groups is 1. The number of likely N-dealkylation sites (N-methyl/N-ethyl adjacent to an activating group) is 1. The molecule has 0 bridgehead atoms. The van der Waals surface area contributed by atoms with Gasteiger partial charge in [-0.3, -0.25) is 4.48 Å². The van der Waals surface area contributed by atoms with Gasteiger partial charge in [-0.1, -0.05) is 0 Å². The summed E-state index contributed by atoms with van der Waals surface area (Å²) < 4.78 is 10.5. The van der Waals surface area contributed by atoms with E-state index >= 15 is 0 Å². The van der Waals surface area contributed by atoms with Crippen molar-refractivity contribution in [3.05, 3.63) is 41.3 Å². The maximum absolute atomic E-state index is 11.9. The number of hydrogen-bond acceptors (Lipinski definition) is 4. The number of nitrogens with zero attached hydrogens (tertiary/aromatic N) is 1. The van der Waals surface area contributed by atoms with Gasteiger partial charge < -0.3 is 14.6 Å². The predicted molar refractivity (Wildman–Crippen MR) is 74.0 cm³/mol. The number of esters is 1. The monoisotopic (exact) mass is 278 g/mol. The molecule has 1 unspecified atom stereocenters. The molecule has 5 nitrogen and oxygen atoms in total. The summed E-state index contributed by atoms with van der Waals surface area (Å²) in [4.78, 5) is 11.9. The molecular weight excluding hydrogens is 258 g/mol. The highest BCUT2D eigenvalue weighted by Gasteiger charge is 2.40. The molecule has 0 spiro atoms. The number of carbonyl (C=O) groups is 1. The molecule has 1 aromatic carbocycles. The number of aliphatic hydroxyl groups excluding tert-OH is 1. The highest BCUT2D eigenvalue weighted by molar-refractivity contribution is 5.86. The molecule has 0 radical (unpaired) electrons. The van der Waals surface area contributed by atoms with Gasteiger partial charge in [0.2, 0.25) is 0 Å². The fourth-order valence-corrected chi connectivity index (χ4v) is 2.57. The Morgan fingerprint density at radius 2 is 2.05 bits per heavy atom. The summed E-state index contributed by atoms with van der Waals surface area (Å²) in [6.45, 7) is 3.14. The topological polar surface area (TPSA) is 55.8 Å². The first-order chi connectivity index (χ1) is 9.46. The Morgan fingerprint density at radius 1 is 1.40 bits per heavy atom. The Bertz CT molecular complexity index is 531. The summed E-state index contributed by atoms with van der Waals surface area (Å²) in [5.74, 6) is 0.376. The number of quaternary nitrogens is 1. The summed E-state index contributed by atoms with van der Waals surface area (Å²) >= 11 is 0. The first-order valence-electron chi connectivity index (χ1n) is 6.51. The lowest BCUT2D eigenvalue weighted by Crippen LogP contribution is -2.51. The minimum Gasteiger partial charge on any atom is -0.506 e. The summed E-state index contributed by atoms with van der Waals surface area (Å²) in [5, 5.41) is 9.79. The Hall–Kier alpha value is -2.01. The molecule has 0 aromatic heterocycles. The highest BCUT2D eigenvalue weighted by atomic mass is 16.5. The Balaban J connectivity index is 2.28. The normalized spacial score (nSPS) is 25.1. The van der Waals surface area contributed by atoms with Gasteiger partial charge in [-0.25, -0.2) is 4.79 Å². The standard InChI is InChI=1S/C15H19NO4/c1-11(17)14-15(18)20-9-8-16(14,2)10-12-4-6-13(19-3)7-5-12/h4-7H,8-10H2,1-3H3/p+1. The van der Waals surface area contributed by atoms with Gasteiger partial charge in [0.05, 0.1) is 14.2 Å². The zero-order chi connectivity index (χ0) is 14.8. The van der Waals surface area contributed by atoms with E-state index < -0.39 is 5.97 Å². The summed E-state index contributed by atoms with van der Waals surface area (Å²) in [6.07, 6.45) is 0. The van der Waals surface area contributed by atoms with E-state index in [2.05, 4.69) is 0 Å². The van der Waals surface area contributed by atoms with Crippen molar-refractivity contribution in [3.8, 4) is 5.75 Å². The molecule has 108 valence electrons. The zero-order valence-electron chi connectivity index (χ0n) is 12.0. The maximum Gasteiger partial charge on any atom is 0.396 e. The van der Waals surface area contributed by atoms with Gasteiger partial charge in [0.25, 0.3) is 5.70 Å². The largest absolute Gasteiger partial charge is 0.506 e. The van der Waals surface area contributed by atoms with Crippen molar-refractivity contribution in [3.63, 3.8) is 0 Å². The zero-order valence-corrected chi connectivity index (χ0v) is 12.0. The Kier molecular flexibility index (Phi) is 3.99. The van der Waals surface area contributed by atoms with E-state index in [1.807, 2.05) is 31.3 Å². The molecule has 1 aliphatic rings. The number of cyclic esters (lactones) is 1. The molecule has 1 saturated heterocycles. The molecular formula is C15H20NO4+. The van der Waals surface area contributed by atoms with Crippen molar-refractivity contribution in [1.29, 1.82) is 0 Å². The molecule has 1 N–H and O–H groups in total. The van der Waals surface area contributed by atoms with Gasteiger partial charge in [-0.05, 0) is 31.2 Å². The first kappa shape index (κ1) is 14.4. The average molecular weight is 278 g/mol. The second-order valence-electron chi connectivity index (χ2n) is 5.20. The summed E-state index contributed by atoms with van der Waals surface area (Å²) in [6, 6.07) is 7.71. The van der Waals surface area contributed by atoms with Crippen LogP contribution in [0, 0.1) is 0 Å². The van der Waals surface area contributed by atoms with Crippen LogP contribution in [0.5, 0.6) is 5.75 Å². The second kappa shape index (κ2) is 5.54. The minimum atomic E-state index is -0.438. The van der Waals surface area contributed by atoms with Crippen molar-refractivity contribution in [2.45, 2.75) is 13.5 Å². The van der Waals surface area contributed by atoms with Crippen LogP contribution in [-0.4, -0.2) is 42.9 Å². The van der Waals surface area contributed by atoms with E-state index in [9.17, 15) is 9.90 Å². The quantitative estimate of drug-likeness (QED) is 0.397. The van der Waals surface area contributed by atoms with Crippen molar-refractivity contribution >= 4 is 5.97 Å². The first-order valence-corrected chi connectivity index (χ1v) is 6.51. The molecule has 0 amide bonds. The minimum absolute atomic E-state index is 0.0192. The maximum atomic E-state index is 11.9. The van der Waals surface area contributed by atoms with Gasteiger partial charge in [0.1, 0.15) is 25.4 Å². The molecule has 5 heteroatoms. The fraction of sp³-hybridized carbons (Fsp3) is 0.400. The van der Waals surface area contributed by atoms with Crippen LogP contribution in [0.15, 0.2) is 35.7 Å². The molecule has 1 atom stereocenters. The third kappa shape index (κ3) is 2.77. The van der Waals surface area contributed by atoms with Gasteiger partial charge >= 0.3 is 5.97 Å². The lowest BCUT2D eigenvalue weighted by Gasteiger charge is -2.37. The average Bonchev–Trinajstić information content (AvgIpc) is 2.38. The third-order valence-electron chi connectivity index (χ3n) is 3.58. The molecule has 1 aliphatic heterocycles. The number of morpholine rings is 1. The SMILES string of the molecule is COc1ccc(C[N+]2(C)CCOC(=O)/C2=C(\C)O)cc1. The molecule has 0 saturated carbocycles. The summed E-state index contributed by atoms with van der Waals surface area (Å²) in [7, 11) is 3.55. The van der Waals surface area contributed by atoms with Crippen LogP contribution in [0.25, 0.3) is 0 Å². The second-order valence-corrected chi connectivity index (χ2v) is 5.20. The van der Waals surface area contributed by atoms with Crippen molar-refractivity contribution in [1.82, 2.24) is 0 Å².